The van der Waals surface area contributed by atoms with E-state index in [1.807, 2.05) is 19.9 Å². The van der Waals surface area contributed by atoms with Crippen molar-refractivity contribution in [3.63, 3.8) is 0 Å². The molecule has 1 atom stereocenters. The number of pyridine rings is 1. The molecular weight excluding hydrogens is 254 g/mol. The molecule has 20 heavy (non-hydrogen) atoms. The number of rotatable bonds is 2. The van der Waals surface area contributed by atoms with Crippen molar-refractivity contribution in [1.82, 2.24) is 15.1 Å². The van der Waals surface area contributed by atoms with Crippen LogP contribution >= 0.6 is 0 Å². The molecule has 0 unspecified atom stereocenters. The van der Waals surface area contributed by atoms with Crippen molar-refractivity contribution in [3.05, 3.63) is 35.1 Å². The van der Waals surface area contributed by atoms with E-state index in [1.54, 1.807) is 6.20 Å². The van der Waals surface area contributed by atoms with Crippen LogP contribution in [0.2, 0.25) is 0 Å². The number of hydrogen-bond donors (Lipinski definition) is 0. The van der Waals surface area contributed by atoms with E-state index in [0.717, 1.165) is 30.9 Å². The van der Waals surface area contributed by atoms with Crippen LogP contribution in [0, 0.1) is 25.2 Å². The zero-order valence-electron chi connectivity index (χ0n) is 11.5. The van der Waals surface area contributed by atoms with Gasteiger partial charge in [0, 0.05) is 19.3 Å². The van der Waals surface area contributed by atoms with Crippen molar-refractivity contribution in [3.8, 4) is 6.07 Å². The quantitative estimate of drug-likeness (QED) is 0.829. The lowest BCUT2D eigenvalue weighted by Crippen LogP contribution is -2.22. The molecule has 0 radical (unpaired) electrons. The largest absolute Gasteiger partial charge is 0.355 e. The Balaban J connectivity index is 1.84. The Hall–Kier alpha value is -2.42. The molecule has 6 nitrogen and oxygen atoms in total. The van der Waals surface area contributed by atoms with Crippen LogP contribution in [0.4, 0.5) is 5.82 Å². The van der Waals surface area contributed by atoms with Crippen LogP contribution in [0.5, 0.6) is 0 Å². The minimum Gasteiger partial charge on any atom is -0.355 e. The molecule has 0 spiro atoms. The molecule has 1 fully saturated rings. The smallest absolute Gasteiger partial charge is 0.231 e. The van der Waals surface area contributed by atoms with Gasteiger partial charge in [-0.1, -0.05) is 5.16 Å². The van der Waals surface area contributed by atoms with Crippen LogP contribution in [0.1, 0.15) is 35.2 Å². The maximum absolute atomic E-state index is 9.29. The Morgan fingerprint density at radius 1 is 1.45 bits per heavy atom. The maximum Gasteiger partial charge on any atom is 0.231 e. The van der Waals surface area contributed by atoms with Gasteiger partial charge in [0.1, 0.15) is 11.9 Å². The zero-order chi connectivity index (χ0) is 14.1. The van der Waals surface area contributed by atoms with Gasteiger partial charge in [0.25, 0.3) is 0 Å². The molecule has 0 bridgehead atoms. The fraction of sp³-hybridized carbons (Fsp3) is 0.429. The molecule has 102 valence electrons. The molecule has 3 rings (SSSR count). The number of hydrogen-bond acceptors (Lipinski definition) is 6. The first-order valence-corrected chi connectivity index (χ1v) is 6.60. The monoisotopic (exact) mass is 269 g/mol. The standard InChI is InChI=1S/C14H15N5O/c1-9-3-5-16-13(12(9)7-15)19-6-4-11(8-19)14-17-10(2)18-20-14/h3,5,11H,4,6,8H2,1-2H3/t11-/m0/s1. The van der Waals surface area contributed by atoms with E-state index in [-0.39, 0.29) is 5.92 Å². The molecule has 0 aromatic carbocycles. The fourth-order valence-electron chi connectivity index (χ4n) is 2.56. The third-order valence-electron chi connectivity index (χ3n) is 3.63. The molecule has 1 aliphatic heterocycles. The number of aryl methyl sites for hydroxylation is 2. The topological polar surface area (TPSA) is 78.8 Å². The van der Waals surface area contributed by atoms with Gasteiger partial charge < -0.3 is 9.42 Å². The molecule has 2 aromatic rings. The van der Waals surface area contributed by atoms with Crippen molar-refractivity contribution >= 4 is 5.82 Å². The first kappa shape index (κ1) is 12.6. The highest BCUT2D eigenvalue weighted by molar-refractivity contribution is 5.57. The van der Waals surface area contributed by atoms with E-state index in [2.05, 4.69) is 26.1 Å². The van der Waals surface area contributed by atoms with E-state index in [9.17, 15) is 5.26 Å². The Morgan fingerprint density at radius 2 is 2.30 bits per heavy atom. The summed E-state index contributed by atoms with van der Waals surface area (Å²) in [6, 6.07) is 4.10. The summed E-state index contributed by atoms with van der Waals surface area (Å²) in [5.41, 5.74) is 1.60. The second-order valence-corrected chi connectivity index (χ2v) is 5.05. The number of anilines is 1. The molecule has 6 heteroatoms. The van der Waals surface area contributed by atoms with E-state index in [0.29, 0.717) is 17.3 Å². The zero-order valence-corrected chi connectivity index (χ0v) is 11.5. The summed E-state index contributed by atoms with van der Waals surface area (Å²) in [5.74, 6) is 2.30. The summed E-state index contributed by atoms with van der Waals surface area (Å²) in [7, 11) is 0. The summed E-state index contributed by atoms with van der Waals surface area (Å²) < 4.78 is 5.24. The van der Waals surface area contributed by atoms with Crippen molar-refractivity contribution < 1.29 is 4.52 Å². The van der Waals surface area contributed by atoms with Crippen molar-refractivity contribution in [2.24, 2.45) is 0 Å². The average molecular weight is 269 g/mol. The predicted molar refractivity (Wildman–Crippen MR) is 72.3 cm³/mol. The van der Waals surface area contributed by atoms with Crippen molar-refractivity contribution in [2.45, 2.75) is 26.2 Å². The lowest BCUT2D eigenvalue weighted by atomic mass is 10.1. The molecule has 1 aliphatic rings. The van der Waals surface area contributed by atoms with Crippen LogP contribution in [0.25, 0.3) is 0 Å². The summed E-state index contributed by atoms with van der Waals surface area (Å²) in [4.78, 5) is 10.8. The highest BCUT2D eigenvalue weighted by Gasteiger charge is 2.30. The van der Waals surface area contributed by atoms with Crippen LogP contribution in [0.3, 0.4) is 0 Å². The fourth-order valence-corrected chi connectivity index (χ4v) is 2.56. The first-order chi connectivity index (χ1) is 9.69. The van der Waals surface area contributed by atoms with E-state index in [1.165, 1.54) is 0 Å². The SMILES string of the molecule is Cc1noc([C@H]2CCN(c3nccc(C)c3C#N)C2)n1. The normalized spacial score (nSPS) is 18.2. The number of nitriles is 1. The van der Waals surface area contributed by atoms with Crippen molar-refractivity contribution in [1.29, 1.82) is 5.26 Å². The van der Waals surface area contributed by atoms with Gasteiger partial charge in [-0.2, -0.15) is 10.2 Å². The van der Waals surface area contributed by atoms with Crippen LogP contribution in [-0.4, -0.2) is 28.2 Å². The Bertz CT molecular complexity index is 672. The first-order valence-electron chi connectivity index (χ1n) is 6.60. The highest BCUT2D eigenvalue weighted by atomic mass is 16.5. The highest BCUT2D eigenvalue weighted by Crippen LogP contribution is 2.31. The molecule has 0 N–H and O–H groups in total. The molecule has 3 heterocycles. The second-order valence-electron chi connectivity index (χ2n) is 5.05. The Kier molecular flexibility index (Phi) is 3.11. The Labute approximate surface area is 117 Å². The minimum atomic E-state index is 0.213. The van der Waals surface area contributed by atoms with E-state index in [4.69, 9.17) is 4.52 Å². The predicted octanol–water partition coefficient (Wildman–Crippen LogP) is 1.95. The summed E-state index contributed by atoms with van der Waals surface area (Å²) in [6.45, 7) is 5.35. The third-order valence-corrected chi connectivity index (χ3v) is 3.63. The van der Waals surface area contributed by atoms with Crippen LogP contribution in [-0.2, 0) is 0 Å². The van der Waals surface area contributed by atoms with Gasteiger partial charge in [0.15, 0.2) is 5.82 Å². The van der Waals surface area contributed by atoms with Gasteiger partial charge in [-0.15, -0.1) is 0 Å². The molecule has 0 amide bonds. The maximum atomic E-state index is 9.29. The Morgan fingerprint density at radius 3 is 3.00 bits per heavy atom. The number of aromatic nitrogens is 3. The van der Waals surface area contributed by atoms with Gasteiger partial charge in [0.2, 0.25) is 5.89 Å². The average Bonchev–Trinajstić information content (AvgIpc) is 3.07. The van der Waals surface area contributed by atoms with Crippen LogP contribution < -0.4 is 4.90 Å². The van der Waals surface area contributed by atoms with Crippen LogP contribution in [0.15, 0.2) is 16.8 Å². The molecular formula is C14H15N5O. The lowest BCUT2D eigenvalue weighted by molar-refractivity contribution is 0.356. The third kappa shape index (κ3) is 2.11. The summed E-state index contributed by atoms with van der Waals surface area (Å²) in [6.07, 6.45) is 2.68. The van der Waals surface area contributed by atoms with Crippen molar-refractivity contribution in [2.75, 3.05) is 18.0 Å². The molecule has 0 saturated carbocycles. The van der Waals surface area contributed by atoms with E-state index < -0.39 is 0 Å². The lowest BCUT2D eigenvalue weighted by Gasteiger charge is -2.18. The van der Waals surface area contributed by atoms with Gasteiger partial charge in [-0.3, -0.25) is 0 Å². The molecule has 0 aliphatic carbocycles. The van der Waals surface area contributed by atoms with Gasteiger partial charge in [-0.05, 0) is 31.9 Å². The number of nitrogens with zero attached hydrogens (tertiary/aromatic N) is 5. The minimum absolute atomic E-state index is 0.213. The van der Waals surface area contributed by atoms with E-state index >= 15 is 0 Å². The van der Waals surface area contributed by atoms with Gasteiger partial charge in [0.05, 0.1) is 11.5 Å². The summed E-state index contributed by atoms with van der Waals surface area (Å²) in [5, 5.41) is 13.1. The summed E-state index contributed by atoms with van der Waals surface area (Å²) >= 11 is 0. The second kappa shape index (κ2) is 4.93. The van der Waals surface area contributed by atoms with Gasteiger partial charge >= 0.3 is 0 Å². The molecule has 2 aromatic heterocycles. The molecule has 1 saturated heterocycles. The van der Waals surface area contributed by atoms with Gasteiger partial charge in [-0.25, -0.2) is 4.98 Å².